The predicted octanol–water partition coefficient (Wildman–Crippen LogP) is 1.72. The molecule has 27 heavy (non-hydrogen) atoms. The van der Waals surface area contributed by atoms with Gasteiger partial charge >= 0.3 is 0 Å². The van der Waals surface area contributed by atoms with Gasteiger partial charge in [0.2, 0.25) is 0 Å². The molecule has 0 aliphatic heterocycles. The second-order valence-electron chi connectivity index (χ2n) is 6.60. The Morgan fingerprint density at radius 3 is 2.67 bits per heavy atom. The first-order valence-corrected chi connectivity index (χ1v) is 10.3. The van der Waals surface area contributed by atoms with Crippen LogP contribution in [0.1, 0.15) is 27.0 Å². The van der Waals surface area contributed by atoms with Gasteiger partial charge in [-0.3, -0.25) is 13.8 Å². The largest absolute Gasteiger partial charge is 0.351 e. The summed E-state index contributed by atoms with van der Waals surface area (Å²) in [5.74, 6) is 0.517. The summed E-state index contributed by atoms with van der Waals surface area (Å²) in [6.45, 7) is 6.05. The van der Waals surface area contributed by atoms with E-state index in [4.69, 9.17) is 0 Å². The fraction of sp³-hybridized carbons (Fsp3) is 0.316. The number of aryl methyl sites for hydroxylation is 3. The molecule has 3 aromatic rings. The molecule has 0 bridgehead atoms. The molecule has 2 N–H and O–H groups in total. The Labute approximate surface area is 159 Å². The number of amides is 1. The van der Waals surface area contributed by atoms with E-state index in [0.717, 1.165) is 16.7 Å². The van der Waals surface area contributed by atoms with Crippen LogP contribution in [0.2, 0.25) is 0 Å². The van der Waals surface area contributed by atoms with Gasteiger partial charge in [-0.05, 0) is 43.5 Å². The molecular weight excluding hydrogens is 364 g/mol. The lowest BCUT2D eigenvalue weighted by Crippen LogP contribution is -2.27. The van der Waals surface area contributed by atoms with E-state index in [0.29, 0.717) is 34.8 Å². The highest BCUT2D eigenvalue weighted by Crippen LogP contribution is 2.19. The summed E-state index contributed by atoms with van der Waals surface area (Å²) >= 11 is 0. The number of aromatic amines is 1. The average Bonchev–Trinajstić information content (AvgIpc) is 2.94. The molecule has 0 aliphatic carbocycles. The molecule has 0 fully saturated rings. The fourth-order valence-electron chi connectivity index (χ4n) is 2.89. The molecule has 0 radical (unpaired) electrons. The SMILES string of the molecule is Cc1ccc(-c2nn3cc(C(=O)NCCS(C)=O)c(C)c3c(=O)[nH]2)cc1C. The molecule has 1 atom stereocenters. The summed E-state index contributed by atoms with van der Waals surface area (Å²) in [7, 11) is -0.977. The van der Waals surface area contributed by atoms with E-state index in [1.807, 2.05) is 32.0 Å². The van der Waals surface area contributed by atoms with E-state index < -0.39 is 10.8 Å². The monoisotopic (exact) mass is 386 g/mol. The first-order valence-electron chi connectivity index (χ1n) is 8.56. The molecule has 0 aliphatic rings. The van der Waals surface area contributed by atoms with Crippen LogP contribution in [0.5, 0.6) is 0 Å². The number of nitrogens with zero attached hydrogens (tertiary/aromatic N) is 2. The van der Waals surface area contributed by atoms with Crippen molar-refractivity contribution in [3.8, 4) is 11.4 Å². The molecule has 3 rings (SSSR count). The van der Waals surface area contributed by atoms with Crippen LogP contribution in [0.15, 0.2) is 29.2 Å². The third-order valence-corrected chi connectivity index (χ3v) is 5.37. The third-order valence-electron chi connectivity index (χ3n) is 4.59. The maximum Gasteiger partial charge on any atom is 0.275 e. The lowest BCUT2D eigenvalue weighted by atomic mass is 10.1. The van der Waals surface area contributed by atoms with Gasteiger partial charge in [-0.2, -0.15) is 0 Å². The summed E-state index contributed by atoms with van der Waals surface area (Å²) in [5.41, 5.74) is 4.05. The molecule has 0 saturated carbocycles. The van der Waals surface area contributed by atoms with Gasteiger partial charge < -0.3 is 10.3 Å². The number of hydrogen-bond donors (Lipinski definition) is 2. The maximum atomic E-state index is 12.6. The van der Waals surface area contributed by atoms with Gasteiger partial charge in [-0.15, -0.1) is 5.10 Å². The Hall–Kier alpha value is -2.74. The summed E-state index contributed by atoms with van der Waals surface area (Å²) < 4.78 is 12.6. The lowest BCUT2D eigenvalue weighted by Gasteiger charge is -2.05. The van der Waals surface area contributed by atoms with Crippen molar-refractivity contribution in [1.29, 1.82) is 0 Å². The molecule has 8 heteroatoms. The molecule has 0 spiro atoms. The summed E-state index contributed by atoms with van der Waals surface area (Å²) in [5, 5.41) is 7.21. The number of carbonyl (C=O) groups is 1. The third kappa shape index (κ3) is 3.85. The van der Waals surface area contributed by atoms with E-state index in [9.17, 15) is 13.8 Å². The van der Waals surface area contributed by atoms with Crippen LogP contribution < -0.4 is 10.9 Å². The normalized spacial score (nSPS) is 12.3. The van der Waals surface area contributed by atoms with Gasteiger partial charge in [-0.25, -0.2) is 4.52 Å². The van der Waals surface area contributed by atoms with Crippen molar-refractivity contribution < 1.29 is 9.00 Å². The van der Waals surface area contributed by atoms with Crippen LogP contribution in [-0.2, 0) is 10.8 Å². The Morgan fingerprint density at radius 2 is 2.00 bits per heavy atom. The van der Waals surface area contributed by atoms with E-state index in [-0.39, 0.29) is 11.5 Å². The van der Waals surface area contributed by atoms with Crippen molar-refractivity contribution in [2.45, 2.75) is 20.8 Å². The molecule has 1 unspecified atom stereocenters. The number of nitrogens with one attached hydrogen (secondary N) is 2. The Bertz CT molecular complexity index is 1110. The first-order chi connectivity index (χ1) is 12.8. The average molecular weight is 386 g/mol. The van der Waals surface area contributed by atoms with Gasteiger partial charge in [-0.1, -0.05) is 12.1 Å². The predicted molar refractivity (Wildman–Crippen MR) is 107 cm³/mol. The quantitative estimate of drug-likeness (QED) is 0.698. The van der Waals surface area contributed by atoms with Gasteiger partial charge in [0.05, 0.1) is 5.56 Å². The number of rotatable bonds is 5. The van der Waals surface area contributed by atoms with Crippen LogP contribution in [-0.4, -0.2) is 43.3 Å². The Kier molecular flexibility index (Phi) is 5.27. The van der Waals surface area contributed by atoms with E-state index in [1.165, 1.54) is 4.52 Å². The summed E-state index contributed by atoms with van der Waals surface area (Å²) in [6, 6.07) is 5.85. The Morgan fingerprint density at radius 1 is 1.26 bits per heavy atom. The van der Waals surface area contributed by atoms with Crippen LogP contribution in [0.4, 0.5) is 0 Å². The topological polar surface area (TPSA) is 96.3 Å². The van der Waals surface area contributed by atoms with Crippen molar-refractivity contribution in [2.75, 3.05) is 18.6 Å². The smallest absolute Gasteiger partial charge is 0.275 e. The van der Waals surface area contributed by atoms with Crippen LogP contribution in [0, 0.1) is 20.8 Å². The van der Waals surface area contributed by atoms with Crippen molar-refractivity contribution in [3.05, 3.63) is 57.0 Å². The molecule has 2 heterocycles. The molecule has 142 valence electrons. The van der Waals surface area contributed by atoms with Crippen LogP contribution in [0.25, 0.3) is 16.9 Å². The number of hydrogen-bond acceptors (Lipinski definition) is 4. The minimum atomic E-state index is -0.977. The molecule has 2 aromatic heterocycles. The Balaban J connectivity index is 2.01. The summed E-state index contributed by atoms with van der Waals surface area (Å²) in [6.07, 6.45) is 3.14. The number of aromatic nitrogens is 3. The number of benzene rings is 1. The minimum absolute atomic E-state index is 0.301. The maximum absolute atomic E-state index is 12.6. The zero-order chi connectivity index (χ0) is 19.7. The lowest BCUT2D eigenvalue weighted by molar-refractivity contribution is 0.0955. The van der Waals surface area contributed by atoms with Gasteiger partial charge in [0.1, 0.15) is 5.52 Å². The van der Waals surface area contributed by atoms with Crippen LogP contribution >= 0.6 is 0 Å². The number of carbonyl (C=O) groups excluding carboxylic acids is 1. The van der Waals surface area contributed by atoms with Crippen molar-refractivity contribution in [1.82, 2.24) is 19.9 Å². The minimum Gasteiger partial charge on any atom is -0.351 e. The van der Waals surface area contributed by atoms with Crippen LogP contribution in [0.3, 0.4) is 0 Å². The number of fused-ring (bicyclic) bond motifs is 1. The molecular formula is C19H22N4O3S. The summed E-state index contributed by atoms with van der Waals surface area (Å²) in [4.78, 5) is 27.8. The van der Waals surface area contributed by atoms with E-state index in [1.54, 1.807) is 19.4 Å². The standard InChI is InChI=1S/C19H22N4O3S/c1-11-5-6-14(9-12(11)2)17-21-19(25)16-13(3)15(10-23(16)22-17)18(24)20-7-8-27(4)26/h5-6,9-10H,7-8H2,1-4H3,(H,20,24)(H,21,22,25). The van der Waals surface area contributed by atoms with E-state index >= 15 is 0 Å². The highest BCUT2D eigenvalue weighted by molar-refractivity contribution is 7.84. The van der Waals surface area contributed by atoms with Crippen molar-refractivity contribution >= 4 is 22.2 Å². The van der Waals surface area contributed by atoms with E-state index in [2.05, 4.69) is 15.4 Å². The van der Waals surface area contributed by atoms with Gasteiger partial charge in [0.25, 0.3) is 11.5 Å². The second-order valence-corrected chi connectivity index (χ2v) is 8.15. The molecule has 7 nitrogen and oxygen atoms in total. The molecule has 1 aromatic carbocycles. The highest BCUT2D eigenvalue weighted by atomic mass is 32.2. The first kappa shape index (κ1) is 19.0. The number of H-pyrrole nitrogens is 1. The van der Waals surface area contributed by atoms with Gasteiger partial charge in [0, 0.05) is 41.1 Å². The second kappa shape index (κ2) is 7.48. The fourth-order valence-corrected chi connectivity index (χ4v) is 3.28. The van der Waals surface area contributed by atoms with Crippen molar-refractivity contribution in [3.63, 3.8) is 0 Å². The molecule has 1 amide bonds. The molecule has 0 saturated heterocycles. The van der Waals surface area contributed by atoms with Crippen molar-refractivity contribution in [2.24, 2.45) is 0 Å². The zero-order valence-corrected chi connectivity index (χ0v) is 16.6. The van der Waals surface area contributed by atoms with Gasteiger partial charge in [0.15, 0.2) is 5.82 Å². The zero-order valence-electron chi connectivity index (χ0n) is 15.8. The highest BCUT2D eigenvalue weighted by Gasteiger charge is 2.18.